The van der Waals surface area contributed by atoms with E-state index in [1.807, 2.05) is 24.3 Å². The van der Waals surface area contributed by atoms with Crippen molar-refractivity contribution < 1.29 is 37.7 Å². The molecule has 10 heteroatoms. The predicted octanol–water partition coefficient (Wildman–Crippen LogP) is 5.53. The molecule has 0 saturated heterocycles. The van der Waals surface area contributed by atoms with Crippen LogP contribution in [0.4, 0.5) is 13.2 Å². The number of halogens is 3. The van der Waals surface area contributed by atoms with Gasteiger partial charge in [0.1, 0.15) is 11.9 Å². The van der Waals surface area contributed by atoms with Gasteiger partial charge in [0.05, 0.1) is 29.4 Å². The van der Waals surface area contributed by atoms with Gasteiger partial charge in [-0.05, 0) is 37.3 Å². The number of allylic oxidation sites excluding steroid dienone is 3. The van der Waals surface area contributed by atoms with Crippen LogP contribution in [0.15, 0.2) is 46.6 Å². The molecule has 0 fully saturated rings. The second kappa shape index (κ2) is 12.9. The molecule has 0 aromatic carbocycles. The molecule has 6 atom stereocenters. The number of thioether (sulfide) groups is 1. The molecule has 0 aromatic rings. The number of rotatable bonds is 2. The molecule has 2 heterocycles. The summed E-state index contributed by atoms with van der Waals surface area (Å²) in [4.78, 5) is 28.0. The van der Waals surface area contributed by atoms with E-state index in [0.29, 0.717) is 5.57 Å². The third kappa shape index (κ3) is 7.99. The average molecular weight is 560 g/mol. The number of cyclic esters (lactones) is 1. The van der Waals surface area contributed by atoms with Crippen molar-refractivity contribution in [1.82, 2.24) is 4.90 Å². The van der Waals surface area contributed by atoms with Crippen molar-refractivity contribution in [2.24, 2.45) is 17.3 Å². The minimum Gasteiger partial charge on any atom is -0.457 e. The number of Topliss-reactive ketones (excluding diaryl/α,β-unsaturated/α-hetero) is 1. The largest absolute Gasteiger partial charge is 0.457 e. The smallest absolute Gasteiger partial charge is 0.412 e. The molecule has 38 heavy (non-hydrogen) atoms. The van der Waals surface area contributed by atoms with Gasteiger partial charge in [0.2, 0.25) is 0 Å². The van der Waals surface area contributed by atoms with Crippen LogP contribution < -0.4 is 0 Å². The first-order valence-corrected chi connectivity index (χ1v) is 13.7. The number of hydrogen-bond acceptors (Lipinski definition) is 7. The Morgan fingerprint density at radius 3 is 2.39 bits per heavy atom. The van der Waals surface area contributed by atoms with Crippen molar-refractivity contribution in [2.45, 2.75) is 90.7 Å². The van der Waals surface area contributed by atoms with Crippen molar-refractivity contribution >= 4 is 23.5 Å². The Morgan fingerprint density at radius 2 is 1.84 bits per heavy atom. The van der Waals surface area contributed by atoms with Crippen LogP contribution in [0.3, 0.4) is 0 Å². The number of carbonyl (C=O) groups is 2. The van der Waals surface area contributed by atoms with Crippen LogP contribution in [0.5, 0.6) is 0 Å². The molecule has 2 aliphatic heterocycles. The first-order valence-electron chi connectivity index (χ1n) is 12.8. The number of aliphatic hydroxyl groups excluding tert-OH is 2. The molecule has 0 bridgehead atoms. The molecular weight excluding hydrogens is 519 g/mol. The third-order valence-electron chi connectivity index (χ3n) is 7.51. The lowest BCUT2D eigenvalue weighted by atomic mass is 9.73. The van der Waals surface area contributed by atoms with Crippen molar-refractivity contribution in [2.75, 3.05) is 7.05 Å². The number of likely N-dealkylation sites (N-methyl/N-ethyl adjacent to an activating group) is 1. The molecule has 0 aliphatic carbocycles. The van der Waals surface area contributed by atoms with E-state index in [4.69, 9.17) is 4.74 Å². The Morgan fingerprint density at radius 1 is 1.21 bits per heavy atom. The van der Waals surface area contributed by atoms with Crippen molar-refractivity contribution in [3.05, 3.63) is 46.6 Å². The second-order valence-corrected chi connectivity index (χ2v) is 12.0. The van der Waals surface area contributed by atoms with Gasteiger partial charge >= 0.3 is 12.1 Å². The number of aliphatic hydroxyl groups is 2. The summed E-state index contributed by atoms with van der Waals surface area (Å²) >= 11 is 1.59. The first kappa shape index (κ1) is 32.2. The van der Waals surface area contributed by atoms with E-state index in [1.165, 1.54) is 32.9 Å². The Hall–Kier alpha value is -2.04. The van der Waals surface area contributed by atoms with Crippen molar-refractivity contribution in [3.8, 4) is 0 Å². The summed E-state index contributed by atoms with van der Waals surface area (Å²) in [5.74, 6) is -2.81. The van der Waals surface area contributed by atoms with Crippen molar-refractivity contribution in [1.29, 1.82) is 0 Å². The fraction of sp³-hybridized carbons (Fsp3) is 0.643. The summed E-state index contributed by atoms with van der Waals surface area (Å²) in [5, 5.41) is 23.6. The highest BCUT2D eigenvalue weighted by Gasteiger charge is 2.42. The number of ketones is 1. The molecule has 1 unspecified atom stereocenters. The first-order chi connectivity index (χ1) is 17.5. The lowest BCUT2D eigenvalue weighted by molar-refractivity contribution is -0.154. The fourth-order valence-electron chi connectivity index (χ4n) is 4.41. The summed E-state index contributed by atoms with van der Waals surface area (Å²) in [5.41, 5.74) is -0.771. The lowest BCUT2D eigenvalue weighted by Crippen LogP contribution is -2.45. The Labute approximate surface area is 227 Å². The van der Waals surface area contributed by atoms with Crippen LogP contribution in [-0.2, 0) is 14.3 Å². The highest BCUT2D eigenvalue weighted by Crippen LogP contribution is 2.34. The summed E-state index contributed by atoms with van der Waals surface area (Å²) in [6.07, 6.45) is -3.76. The van der Waals surface area contributed by atoms with E-state index in [2.05, 4.69) is 0 Å². The molecule has 2 rings (SSSR count). The SMILES string of the molecule is C/C(=C\C1=CSC(C)N1C)[C@@H]1C/C=C(/C(F)(F)F)C/C=C/[C@H](C)[C@H](O)[C@@H](C)C(=O)C(C)(C)[C@@H](O)CC(=O)O1. The van der Waals surface area contributed by atoms with Gasteiger partial charge in [-0.2, -0.15) is 13.2 Å². The molecule has 0 spiro atoms. The Kier molecular flexibility index (Phi) is 10.9. The standard InChI is InChI=1S/C28H40F3NO5S/c1-16-9-8-10-20(28(29,30)31)11-12-22(17(2)13-21-15-38-19(4)32(21)7)37-24(34)14-23(33)27(5,6)26(36)18(3)25(16)35/h8-9,11,13,15-16,18-19,22-23,25,33,35H,10,12,14H2,1-7H3/b9-8+,17-13+,20-11+/t16-,18+,19?,22-,23-,25-/m0/s1. The zero-order chi connectivity index (χ0) is 29.0. The van der Waals surface area contributed by atoms with E-state index in [1.54, 1.807) is 31.7 Å². The number of esters is 1. The fourth-order valence-corrected chi connectivity index (χ4v) is 5.29. The molecule has 6 nitrogen and oxygen atoms in total. The Balaban J connectivity index is 2.49. The number of carbonyl (C=O) groups excluding carboxylic acids is 2. The average Bonchev–Trinajstić information content (AvgIpc) is 3.14. The van der Waals surface area contributed by atoms with Crippen LogP contribution in [-0.4, -0.2) is 63.8 Å². The van der Waals surface area contributed by atoms with E-state index in [0.717, 1.165) is 11.8 Å². The van der Waals surface area contributed by atoms with Crippen LogP contribution in [0.2, 0.25) is 0 Å². The summed E-state index contributed by atoms with van der Waals surface area (Å²) in [7, 11) is 1.90. The van der Waals surface area contributed by atoms with Gasteiger partial charge in [0, 0.05) is 36.6 Å². The number of alkyl halides is 3. The van der Waals surface area contributed by atoms with Crippen LogP contribution in [0.1, 0.15) is 60.8 Å². The van der Waals surface area contributed by atoms with E-state index in [9.17, 15) is 33.0 Å². The van der Waals surface area contributed by atoms with Gasteiger partial charge in [0.15, 0.2) is 0 Å². The van der Waals surface area contributed by atoms with Crippen LogP contribution >= 0.6 is 11.8 Å². The second-order valence-electron chi connectivity index (χ2n) is 10.8. The molecule has 0 amide bonds. The summed E-state index contributed by atoms with van der Waals surface area (Å²) in [6.45, 7) is 9.83. The number of ether oxygens (including phenoxy) is 1. The predicted molar refractivity (Wildman–Crippen MR) is 143 cm³/mol. The topological polar surface area (TPSA) is 87.1 Å². The molecule has 2 N–H and O–H groups in total. The maximum Gasteiger partial charge on any atom is 0.412 e. The highest BCUT2D eigenvalue weighted by molar-refractivity contribution is 8.02. The van der Waals surface area contributed by atoms with Crippen molar-refractivity contribution in [3.63, 3.8) is 0 Å². The molecule has 2 aliphatic rings. The summed E-state index contributed by atoms with van der Waals surface area (Å²) < 4.78 is 47.0. The molecule has 214 valence electrons. The number of hydrogen-bond donors (Lipinski definition) is 2. The Bertz CT molecular complexity index is 1000. The van der Waals surface area contributed by atoms with Gasteiger partial charge in [0.25, 0.3) is 0 Å². The quantitative estimate of drug-likeness (QED) is 0.340. The zero-order valence-corrected chi connectivity index (χ0v) is 23.9. The molecular formula is C28H40F3NO5S. The molecule has 0 saturated carbocycles. The third-order valence-corrected chi connectivity index (χ3v) is 8.60. The van der Waals surface area contributed by atoms with Gasteiger partial charge in [-0.15, -0.1) is 11.8 Å². The van der Waals surface area contributed by atoms with Crippen LogP contribution in [0, 0.1) is 17.3 Å². The molecule has 0 radical (unpaired) electrons. The highest BCUT2D eigenvalue weighted by atomic mass is 32.2. The van der Waals surface area contributed by atoms with Gasteiger partial charge in [-0.1, -0.05) is 45.9 Å². The van der Waals surface area contributed by atoms with E-state index < -0.39 is 71.9 Å². The van der Waals surface area contributed by atoms with E-state index >= 15 is 0 Å². The van der Waals surface area contributed by atoms with Crippen LogP contribution in [0.25, 0.3) is 0 Å². The van der Waals surface area contributed by atoms with Gasteiger partial charge in [-0.25, -0.2) is 0 Å². The zero-order valence-electron chi connectivity index (χ0n) is 23.1. The maximum absolute atomic E-state index is 13.8. The van der Waals surface area contributed by atoms with E-state index in [-0.39, 0.29) is 11.8 Å². The lowest BCUT2D eigenvalue weighted by Gasteiger charge is -2.34. The minimum absolute atomic E-state index is 0.190. The van der Waals surface area contributed by atoms with Gasteiger partial charge in [-0.3, -0.25) is 9.59 Å². The van der Waals surface area contributed by atoms with Gasteiger partial charge < -0.3 is 19.8 Å². The normalized spacial score (nSPS) is 34.8. The summed E-state index contributed by atoms with van der Waals surface area (Å²) in [6, 6.07) is 0. The monoisotopic (exact) mass is 559 g/mol. The number of nitrogens with zero attached hydrogens (tertiary/aromatic N) is 1. The minimum atomic E-state index is -4.60. The molecule has 0 aromatic heterocycles. The maximum atomic E-state index is 13.8.